The second-order valence-electron chi connectivity index (χ2n) is 12.5. The van der Waals surface area contributed by atoms with E-state index in [0.29, 0.717) is 0 Å². The van der Waals surface area contributed by atoms with Crippen LogP contribution in [0.4, 0.5) is 0 Å². The highest BCUT2D eigenvalue weighted by Gasteiger charge is 2.28. The lowest BCUT2D eigenvalue weighted by molar-refractivity contribution is 1.19. The average molecular weight is 619 g/mol. The Morgan fingerprint density at radius 2 is 0.935 bits per heavy atom. The van der Waals surface area contributed by atoms with Crippen molar-refractivity contribution >= 4 is 117 Å². The van der Waals surface area contributed by atoms with Gasteiger partial charge in [0.05, 0.1) is 11.0 Å². The van der Waals surface area contributed by atoms with E-state index in [4.69, 9.17) is 0 Å². The summed E-state index contributed by atoms with van der Waals surface area (Å²) in [5.41, 5.74) is 4.96. The van der Waals surface area contributed by atoms with Gasteiger partial charge in [0.25, 0.3) is 0 Å². The van der Waals surface area contributed by atoms with E-state index in [0.717, 1.165) is 0 Å². The maximum Gasteiger partial charge on any atom is 0.111 e. The summed E-state index contributed by atoms with van der Waals surface area (Å²) >= 11 is 3.81. The van der Waals surface area contributed by atoms with Crippen LogP contribution in [-0.2, 0) is 0 Å². The number of hydrogen-bond acceptors (Lipinski definition) is 2. The molecule has 0 saturated carbocycles. The number of aromatic nitrogens is 2. The zero-order valence-electron chi connectivity index (χ0n) is 24.4. The molecular weight excluding hydrogens is 597 g/mol. The molecule has 8 aromatic carbocycles. The summed E-state index contributed by atoms with van der Waals surface area (Å²) in [5.74, 6) is 0. The van der Waals surface area contributed by atoms with E-state index >= 15 is 0 Å². The third-order valence-electron chi connectivity index (χ3n) is 10.2. The number of thiophene rings is 2. The molecule has 0 aliphatic carbocycles. The molecule has 0 N–H and O–H groups in total. The standard InChI is InChI=1S/C42H22N2S2/c1-2-10-25(11-3-1)43-31-19-16-23-8-6-13-28-29-14-7-9-24-17-20-32-38(36(24)29)40-39(37(31)35(23)28)41(43)46-42(40)44(32)26-18-21-34-30(22-26)27-12-4-5-15-33(27)45-34/h1-22H. The number of para-hydroxylation sites is 1. The van der Waals surface area contributed by atoms with Gasteiger partial charge in [0.15, 0.2) is 0 Å². The molecule has 46 heavy (non-hydrogen) atoms. The SMILES string of the molecule is c1ccc(-n2c3ccc4cccc5c6cccc7ccc8c(c76)c6c(c3c45)c2sc6n8-c2ccc3sc4ccccc4c3c2)cc1. The molecular formula is C42H22N2S2. The van der Waals surface area contributed by atoms with Crippen LogP contribution >= 0.6 is 22.7 Å². The van der Waals surface area contributed by atoms with Gasteiger partial charge in [-0.05, 0) is 80.8 Å². The van der Waals surface area contributed by atoms with Gasteiger partial charge in [-0.2, -0.15) is 0 Å². The van der Waals surface area contributed by atoms with Gasteiger partial charge in [-0.25, -0.2) is 0 Å². The van der Waals surface area contributed by atoms with Gasteiger partial charge < -0.3 is 9.13 Å². The van der Waals surface area contributed by atoms with Gasteiger partial charge >= 0.3 is 0 Å². The van der Waals surface area contributed by atoms with Gasteiger partial charge in [-0.3, -0.25) is 0 Å². The zero-order chi connectivity index (χ0) is 29.7. The summed E-state index contributed by atoms with van der Waals surface area (Å²) in [5, 5.41) is 16.1. The third kappa shape index (κ3) is 2.76. The summed E-state index contributed by atoms with van der Waals surface area (Å²) in [6, 6.07) is 49.8. The van der Waals surface area contributed by atoms with E-state index in [1.165, 1.54) is 106 Å². The Bertz CT molecular complexity index is 3190. The molecule has 0 saturated heterocycles. The quantitative estimate of drug-likeness (QED) is 0.182. The molecule has 12 rings (SSSR count). The first-order valence-corrected chi connectivity index (χ1v) is 17.3. The van der Waals surface area contributed by atoms with Crippen LogP contribution < -0.4 is 0 Å². The van der Waals surface area contributed by atoms with Crippen LogP contribution in [0.2, 0.25) is 0 Å². The maximum atomic E-state index is 2.55. The molecule has 4 heteroatoms. The minimum absolute atomic E-state index is 1.20. The van der Waals surface area contributed by atoms with Crippen LogP contribution in [-0.4, -0.2) is 9.13 Å². The molecule has 4 heterocycles. The summed E-state index contributed by atoms with van der Waals surface area (Å²) in [7, 11) is 0. The predicted octanol–water partition coefficient (Wildman–Crippen LogP) is 12.6. The molecule has 12 aromatic rings. The fourth-order valence-corrected chi connectivity index (χ4v) is 10.9. The molecule has 0 spiro atoms. The van der Waals surface area contributed by atoms with Crippen molar-refractivity contribution in [3.63, 3.8) is 0 Å². The van der Waals surface area contributed by atoms with Gasteiger partial charge in [-0.1, -0.05) is 96.3 Å². The van der Waals surface area contributed by atoms with Crippen LogP contribution in [0.5, 0.6) is 0 Å². The molecule has 0 radical (unpaired) electrons. The first-order valence-electron chi connectivity index (χ1n) is 15.7. The topological polar surface area (TPSA) is 9.86 Å². The number of rotatable bonds is 2. The smallest absolute Gasteiger partial charge is 0.111 e. The largest absolute Gasteiger partial charge is 0.301 e. The van der Waals surface area contributed by atoms with Gasteiger partial charge in [0.2, 0.25) is 0 Å². The Morgan fingerprint density at radius 3 is 1.63 bits per heavy atom. The van der Waals surface area contributed by atoms with Crippen LogP contribution in [0.15, 0.2) is 133 Å². The Labute approximate surface area is 270 Å². The van der Waals surface area contributed by atoms with E-state index in [2.05, 4.69) is 143 Å². The van der Waals surface area contributed by atoms with Crippen molar-refractivity contribution in [3.05, 3.63) is 133 Å². The van der Waals surface area contributed by atoms with Crippen LogP contribution in [0.3, 0.4) is 0 Å². The van der Waals surface area contributed by atoms with Crippen molar-refractivity contribution in [1.82, 2.24) is 9.13 Å². The average Bonchev–Trinajstić information content (AvgIpc) is 3.82. The Morgan fingerprint density at radius 1 is 0.348 bits per heavy atom. The lowest BCUT2D eigenvalue weighted by Gasteiger charge is -2.11. The molecule has 0 aliphatic heterocycles. The molecule has 2 nitrogen and oxygen atoms in total. The van der Waals surface area contributed by atoms with E-state index in [9.17, 15) is 0 Å². The highest BCUT2D eigenvalue weighted by Crippen LogP contribution is 2.53. The first-order chi connectivity index (χ1) is 22.8. The summed E-state index contributed by atoms with van der Waals surface area (Å²) in [4.78, 5) is 2.62. The fourth-order valence-electron chi connectivity index (χ4n) is 8.41. The highest BCUT2D eigenvalue weighted by atomic mass is 32.1. The van der Waals surface area contributed by atoms with Crippen molar-refractivity contribution in [2.24, 2.45) is 0 Å². The van der Waals surface area contributed by atoms with Gasteiger partial charge in [-0.15, -0.1) is 11.3 Å². The molecule has 4 aromatic heterocycles. The van der Waals surface area contributed by atoms with E-state index < -0.39 is 0 Å². The molecule has 0 fully saturated rings. The monoisotopic (exact) mass is 618 g/mol. The summed E-state index contributed by atoms with van der Waals surface area (Å²) in [6.45, 7) is 0. The second-order valence-corrected chi connectivity index (χ2v) is 14.5. The Kier molecular flexibility index (Phi) is 4.28. The summed E-state index contributed by atoms with van der Waals surface area (Å²) in [6.07, 6.45) is 0. The molecule has 212 valence electrons. The maximum absolute atomic E-state index is 2.55. The van der Waals surface area contributed by atoms with Crippen molar-refractivity contribution in [1.29, 1.82) is 0 Å². The Balaban J connectivity index is 1.38. The van der Waals surface area contributed by atoms with Crippen LogP contribution in [0.1, 0.15) is 0 Å². The third-order valence-corrected chi connectivity index (χ3v) is 12.5. The van der Waals surface area contributed by atoms with Crippen molar-refractivity contribution in [2.75, 3.05) is 0 Å². The first kappa shape index (κ1) is 23.9. The van der Waals surface area contributed by atoms with Gasteiger partial charge in [0.1, 0.15) is 9.66 Å². The van der Waals surface area contributed by atoms with Crippen molar-refractivity contribution < 1.29 is 0 Å². The van der Waals surface area contributed by atoms with Gasteiger partial charge in [0, 0.05) is 53.1 Å². The lowest BCUT2D eigenvalue weighted by atomic mass is 9.92. The molecule has 0 bridgehead atoms. The van der Waals surface area contributed by atoms with E-state index in [1.54, 1.807) is 0 Å². The highest BCUT2D eigenvalue weighted by molar-refractivity contribution is 7.26. The van der Waals surface area contributed by atoms with Crippen LogP contribution in [0.25, 0.3) is 106 Å². The molecule has 0 amide bonds. The zero-order valence-corrected chi connectivity index (χ0v) is 26.0. The minimum Gasteiger partial charge on any atom is -0.301 e. The normalized spacial score (nSPS) is 12.8. The lowest BCUT2D eigenvalue weighted by Crippen LogP contribution is -1.93. The Hall–Kier alpha value is -5.42. The molecule has 0 atom stereocenters. The van der Waals surface area contributed by atoms with E-state index in [1.807, 2.05) is 22.7 Å². The van der Waals surface area contributed by atoms with Crippen LogP contribution in [0, 0.1) is 0 Å². The minimum atomic E-state index is 1.20. The predicted molar refractivity (Wildman–Crippen MR) is 201 cm³/mol. The number of benzene rings is 7. The summed E-state index contributed by atoms with van der Waals surface area (Å²) < 4.78 is 7.73. The van der Waals surface area contributed by atoms with Crippen molar-refractivity contribution in [3.8, 4) is 11.4 Å². The number of fused-ring (bicyclic) bond motifs is 4. The molecule has 0 unspecified atom stereocenters. The number of hydrogen-bond donors (Lipinski definition) is 0. The fraction of sp³-hybridized carbons (Fsp3) is 0. The molecule has 0 aliphatic rings. The second kappa shape index (κ2) is 8.24. The number of nitrogens with zero attached hydrogens (tertiary/aromatic N) is 2. The van der Waals surface area contributed by atoms with E-state index in [-0.39, 0.29) is 0 Å². The van der Waals surface area contributed by atoms with Crippen molar-refractivity contribution in [2.45, 2.75) is 0 Å².